The van der Waals surface area contributed by atoms with Gasteiger partial charge in [-0.25, -0.2) is 4.98 Å². The third-order valence-corrected chi connectivity index (χ3v) is 3.15. The monoisotopic (exact) mass is 260 g/mol. The molecular formula is C15H20N2O2. The van der Waals surface area contributed by atoms with Crippen LogP contribution in [-0.2, 0) is 0 Å². The van der Waals surface area contributed by atoms with E-state index in [0.29, 0.717) is 17.0 Å². The van der Waals surface area contributed by atoms with Crippen LogP contribution in [0.5, 0.6) is 0 Å². The molecule has 0 aliphatic heterocycles. The molecule has 102 valence electrons. The van der Waals surface area contributed by atoms with Gasteiger partial charge < -0.3 is 9.73 Å². The summed E-state index contributed by atoms with van der Waals surface area (Å²) in [5, 5.41) is 2.94. The number of rotatable bonds is 4. The Morgan fingerprint density at radius 1 is 1.37 bits per heavy atom. The molecule has 0 bridgehead atoms. The molecule has 0 aliphatic rings. The Morgan fingerprint density at radius 2 is 2.11 bits per heavy atom. The molecule has 4 heteroatoms. The van der Waals surface area contributed by atoms with Crippen LogP contribution in [-0.4, -0.2) is 16.9 Å². The normalized spacial score (nSPS) is 12.9. The largest absolute Gasteiger partial charge is 0.440 e. The molecule has 2 rings (SSSR count). The summed E-state index contributed by atoms with van der Waals surface area (Å²) in [6.45, 7) is 8.09. The Balaban J connectivity index is 2.28. The van der Waals surface area contributed by atoms with Crippen LogP contribution in [0.4, 0.5) is 0 Å². The summed E-state index contributed by atoms with van der Waals surface area (Å²) >= 11 is 0. The highest BCUT2D eigenvalue weighted by Gasteiger charge is 2.13. The summed E-state index contributed by atoms with van der Waals surface area (Å²) in [6, 6.07) is 5.54. The number of amides is 1. The number of oxazole rings is 1. The van der Waals surface area contributed by atoms with Gasteiger partial charge in [-0.1, -0.05) is 20.8 Å². The quantitative estimate of drug-likeness (QED) is 0.915. The SMILES string of the molecule is CC[C@@H](C)NC(=O)c1ccc2nc(C(C)C)oc2c1. The highest BCUT2D eigenvalue weighted by molar-refractivity contribution is 5.97. The number of hydrogen-bond donors (Lipinski definition) is 1. The van der Waals surface area contributed by atoms with Crippen molar-refractivity contribution >= 4 is 17.0 Å². The van der Waals surface area contributed by atoms with Crippen molar-refractivity contribution < 1.29 is 9.21 Å². The number of nitrogens with one attached hydrogen (secondary N) is 1. The number of benzene rings is 1. The van der Waals surface area contributed by atoms with E-state index in [-0.39, 0.29) is 17.9 Å². The molecule has 2 aromatic rings. The first-order valence-electron chi connectivity index (χ1n) is 6.72. The Morgan fingerprint density at radius 3 is 2.74 bits per heavy atom. The van der Waals surface area contributed by atoms with Crippen molar-refractivity contribution in [1.29, 1.82) is 0 Å². The van der Waals surface area contributed by atoms with E-state index < -0.39 is 0 Å². The number of carbonyl (C=O) groups excluding carboxylic acids is 1. The minimum Gasteiger partial charge on any atom is -0.440 e. The van der Waals surface area contributed by atoms with Gasteiger partial charge in [0.1, 0.15) is 5.52 Å². The molecule has 0 saturated carbocycles. The average molecular weight is 260 g/mol. The smallest absolute Gasteiger partial charge is 0.251 e. The van der Waals surface area contributed by atoms with Gasteiger partial charge >= 0.3 is 0 Å². The lowest BCUT2D eigenvalue weighted by atomic mass is 10.1. The highest BCUT2D eigenvalue weighted by Crippen LogP contribution is 2.22. The van der Waals surface area contributed by atoms with Gasteiger partial charge in [-0.3, -0.25) is 4.79 Å². The zero-order valence-corrected chi connectivity index (χ0v) is 11.9. The van der Waals surface area contributed by atoms with Crippen LogP contribution in [0.25, 0.3) is 11.1 Å². The second-order valence-corrected chi connectivity index (χ2v) is 5.17. The third kappa shape index (κ3) is 2.95. The number of carbonyl (C=O) groups is 1. The molecule has 0 unspecified atom stereocenters. The molecule has 0 fully saturated rings. The summed E-state index contributed by atoms with van der Waals surface area (Å²) < 4.78 is 5.66. The van der Waals surface area contributed by atoms with E-state index in [1.54, 1.807) is 12.1 Å². The third-order valence-electron chi connectivity index (χ3n) is 3.15. The molecule has 0 spiro atoms. The minimum absolute atomic E-state index is 0.0706. The van der Waals surface area contributed by atoms with Crippen molar-refractivity contribution in [2.24, 2.45) is 0 Å². The molecule has 1 N–H and O–H groups in total. The maximum absolute atomic E-state index is 12.0. The maximum atomic E-state index is 12.0. The number of hydrogen-bond acceptors (Lipinski definition) is 3. The van der Waals surface area contributed by atoms with E-state index in [2.05, 4.69) is 10.3 Å². The van der Waals surface area contributed by atoms with Gasteiger partial charge in [0.2, 0.25) is 0 Å². The van der Waals surface area contributed by atoms with Crippen molar-refractivity contribution in [2.75, 3.05) is 0 Å². The summed E-state index contributed by atoms with van der Waals surface area (Å²) in [5.41, 5.74) is 2.07. The molecular weight excluding hydrogens is 240 g/mol. The Hall–Kier alpha value is -1.84. The van der Waals surface area contributed by atoms with Crippen molar-refractivity contribution in [1.82, 2.24) is 10.3 Å². The topological polar surface area (TPSA) is 55.1 Å². The van der Waals surface area contributed by atoms with Crippen LogP contribution < -0.4 is 5.32 Å². The van der Waals surface area contributed by atoms with Crippen molar-refractivity contribution in [3.63, 3.8) is 0 Å². The predicted molar refractivity (Wildman–Crippen MR) is 75.3 cm³/mol. The highest BCUT2D eigenvalue weighted by atomic mass is 16.3. The zero-order chi connectivity index (χ0) is 14.0. The van der Waals surface area contributed by atoms with Gasteiger partial charge in [0.15, 0.2) is 11.5 Å². The second kappa shape index (κ2) is 5.43. The molecule has 0 aliphatic carbocycles. The van der Waals surface area contributed by atoms with Crippen LogP contribution in [0, 0.1) is 0 Å². The molecule has 1 amide bonds. The van der Waals surface area contributed by atoms with Crippen LogP contribution in [0.1, 0.15) is 56.3 Å². The summed E-state index contributed by atoms with van der Waals surface area (Å²) in [5.74, 6) is 0.873. The molecule has 1 heterocycles. The number of aromatic nitrogens is 1. The fourth-order valence-electron chi connectivity index (χ4n) is 1.74. The van der Waals surface area contributed by atoms with Crippen molar-refractivity contribution in [3.8, 4) is 0 Å². The van der Waals surface area contributed by atoms with Gasteiger partial charge in [-0.2, -0.15) is 0 Å². The van der Waals surface area contributed by atoms with Crippen LogP contribution >= 0.6 is 0 Å². The molecule has 1 aromatic heterocycles. The molecule has 4 nitrogen and oxygen atoms in total. The minimum atomic E-state index is -0.0706. The first-order chi connectivity index (χ1) is 9.01. The van der Waals surface area contributed by atoms with E-state index in [0.717, 1.165) is 11.9 Å². The van der Waals surface area contributed by atoms with Crippen LogP contribution in [0.15, 0.2) is 22.6 Å². The molecule has 0 saturated heterocycles. The lowest BCUT2D eigenvalue weighted by Crippen LogP contribution is -2.31. The van der Waals surface area contributed by atoms with Crippen LogP contribution in [0.3, 0.4) is 0 Å². The van der Waals surface area contributed by atoms with E-state index in [1.807, 2.05) is 33.8 Å². The predicted octanol–water partition coefficient (Wildman–Crippen LogP) is 3.48. The van der Waals surface area contributed by atoms with E-state index in [9.17, 15) is 4.79 Å². The van der Waals surface area contributed by atoms with Gasteiger partial charge in [-0.05, 0) is 31.5 Å². The summed E-state index contributed by atoms with van der Waals surface area (Å²) in [6.07, 6.45) is 0.911. The van der Waals surface area contributed by atoms with E-state index in [4.69, 9.17) is 4.42 Å². The Labute approximate surface area is 113 Å². The summed E-state index contributed by atoms with van der Waals surface area (Å²) in [4.78, 5) is 16.4. The van der Waals surface area contributed by atoms with E-state index >= 15 is 0 Å². The first kappa shape index (κ1) is 13.6. The standard InChI is InChI=1S/C15H20N2O2/c1-5-10(4)16-14(18)11-6-7-12-13(8-11)19-15(17-12)9(2)3/h6-10H,5H2,1-4H3,(H,16,18)/t10-/m1/s1. The van der Waals surface area contributed by atoms with Gasteiger partial charge in [-0.15, -0.1) is 0 Å². The number of fused-ring (bicyclic) bond motifs is 1. The Bertz CT molecular complexity index is 587. The van der Waals surface area contributed by atoms with E-state index in [1.165, 1.54) is 0 Å². The Kier molecular flexibility index (Phi) is 3.88. The zero-order valence-electron chi connectivity index (χ0n) is 11.9. The lowest BCUT2D eigenvalue weighted by Gasteiger charge is -2.10. The van der Waals surface area contributed by atoms with Crippen molar-refractivity contribution in [2.45, 2.75) is 46.1 Å². The van der Waals surface area contributed by atoms with Gasteiger partial charge in [0, 0.05) is 17.5 Å². The van der Waals surface area contributed by atoms with Crippen molar-refractivity contribution in [3.05, 3.63) is 29.7 Å². The summed E-state index contributed by atoms with van der Waals surface area (Å²) in [7, 11) is 0. The lowest BCUT2D eigenvalue weighted by molar-refractivity contribution is 0.0939. The second-order valence-electron chi connectivity index (χ2n) is 5.17. The number of nitrogens with zero attached hydrogens (tertiary/aromatic N) is 1. The maximum Gasteiger partial charge on any atom is 0.251 e. The fourth-order valence-corrected chi connectivity index (χ4v) is 1.74. The average Bonchev–Trinajstić information content (AvgIpc) is 2.81. The van der Waals surface area contributed by atoms with Gasteiger partial charge in [0.25, 0.3) is 5.91 Å². The first-order valence-corrected chi connectivity index (χ1v) is 6.72. The molecule has 0 radical (unpaired) electrons. The molecule has 1 atom stereocenters. The van der Waals surface area contributed by atoms with Crippen LogP contribution in [0.2, 0.25) is 0 Å². The van der Waals surface area contributed by atoms with Gasteiger partial charge in [0.05, 0.1) is 0 Å². The molecule has 1 aromatic carbocycles. The molecule has 19 heavy (non-hydrogen) atoms. The fraction of sp³-hybridized carbons (Fsp3) is 0.467.